The van der Waals surface area contributed by atoms with Gasteiger partial charge in [0.25, 0.3) is 0 Å². The average molecular weight is 330 g/mol. The molecule has 0 bridgehead atoms. The number of aliphatic hydroxyl groups is 1. The van der Waals surface area contributed by atoms with Crippen LogP contribution in [0.2, 0.25) is 0 Å². The second kappa shape index (κ2) is 14.5. The molecule has 0 aromatic heterocycles. The van der Waals surface area contributed by atoms with Gasteiger partial charge in [-0.3, -0.25) is 0 Å². The molecule has 0 rings (SSSR count). The van der Waals surface area contributed by atoms with E-state index in [1.165, 1.54) is 0 Å². The Hall–Kier alpha value is 0.870. The molecule has 2 unspecified atom stereocenters. The molecule has 0 radical (unpaired) electrons. The van der Waals surface area contributed by atoms with Crippen molar-refractivity contribution in [2.45, 2.75) is 95.8 Å². The van der Waals surface area contributed by atoms with Gasteiger partial charge in [0, 0.05) is 0 Å². The van der Waals surface area contributed by atoms with Crippen molar-refractivity contribution in [1.82, 2.24) is 0 Å². The summed E-state index contributed by atoms with van der Waals surface area (Å²) in [6.07, 6.45) is 8.50. The maximum atomic E-state index is 11.3. The number of hydrogen-bond donors (Lipinski definition) is 1. The largest absolute Gasteiger partial charge is 1.00 e. The van der Waals surface area contributed by atoms with Crippen LogP contribution in [-0.4, -0.2) is 29.4 Å². The quantitative estimate of drug-likeness (QED) is 0.305. The smallest absolute Gasteiger partial charge is 0.748 e. The fraction of sp³-hybridized carbons (Fsp3) is 1.00. The van der Waals surface area contributed by atoms with Crippen molar-refractivity contribution in [3.63, 3.8) is 0 Å². The first-order chi connectivity index (χ1) is 9.41. The monoisotopic (exact) mass is 330 g/mol. The molecule has 2 atom stereocenters. The van der Waals surface area contributed by atoms with E-state index >= 15 is 0 Å². The number of aliphatic hydroxyl groups excluding tert-OH is 1. The molecule has 4 nitrogen and oxygen atoms in total. The van der Waals surface area contributed by atoms with Crippen LogP contribution in [0.5, 0.6) is 0 Å². The van der Waals surface area contributed by atoms with Crippen molar-refractivity contribution in [2.24, 2.45) is 0 Å². The van der Waals surface area contributed by atoms with Gasteiger partial charge in [0.05, 0.1) is 21.5 Å². The van der Waals surface area contributed by atoms with Crippen LogP contribution in [-0.2, 0) is 10.1 Å². The summed E-state index contributed by atoms with van der Waals surface area (Å²) in [7, 11) is -4.29. The fourth-order valence-corrected chi connectivity index (χ4v) is 3.32. The van der Waals surface area contributed by atoms with E-state index in [1.54, 1.807) is 0 Å². The summed E-state index contributed by atoms with van der Waals surface area (Å²) in [6, 6.07) is 0. The number of unbranched alkanes of at least 4 members (excludes halogenated alkanes) is 6. The Balaban J connectivity index is 0. The molecular formula is C15H31NaO4S. The molecule has 1 N–H and O–H groups in total. The van der Waals surface area contributed by atoms with Crippen molar-refractivity contribution >= 4 is 10.1 Å². The summed E-state index contributed by atoms with van der Waals surface area (Å²) in [5.41, 5.74) is 0. The molecule has 0 heterocycles. The molecule has 0 fully saturated rings. The molecule has 6 heteroatoms. The zero-order valence-electron chi connectivity index (χ0n) is 14.0. The van der Waals surface area contributed by atoms with Crippen LogP contribution in [0.4, 0.5) is 0 Å². The van der Waals surface area contributed by atoms with Gasteiger partial charge in [0.15, 0.2) is 0 Å². The molecule has 0 aromatic carbocycles. The Labute approximate surface area is 153 Å². The molecule has 0 saturated heterocycles. The van der Waals surface area contributed by atoms with E-state index < -0.39 is 21.5 Å². The first-order valence-corrected chi connectivity index (χ1v) is 9.51. The molecule has 0 aliphatic carbocycles. The van der Waals surface area contributed by atoms with Crippen molar-refractivity contribution in [3.05, 3.63) is 0 Å². The molecule has 21 heavy (non-hydrogen) atoms. The average Bonchev–Trinajstić information content (AvgIpc) is 2.36. The van der Waals surface area contributed by atoms with Crippen LogP contribution in [0, 0.1) is 0 Å². The van der Waals surface area contributed by atoms with Crippen LogP contribution in [0.1, 0.15) is 84.5 Å². The van der Waals surface area contributed by atoms with E-state index in [9.17, 15) is 18.1 Å². The minimum Gasteiger partial charge on any atom is -0.748 e. The van der Waals surface area contributed by atoms with E-state index in [0.717, 1.165) is 51.4 Å². The second-order valence-corrected chi connectivity index (χ2v) is 7.36. The Morgan fingerprint density at radius 1 is 0.905 bits per heavy atom. The van der Waals surface area contributed by atoms with Crippen LogP contribution in [0.15, 0.2) is 0 Å². The Bertz CT molecular complexity index is 320. The Kier molecular flexibility index (Phi) is 16.6. The number of rotatable bonds is 13. The van der Waals surface area contributed by atoms with Gasteiger partial charge in [-0.15, -0.1) is 0 Å². The zero-order chi connectivity index (χ0) is 15.4. The molecule has 0 spiro atoms. The van der Waals surface area contributed by atoms with E-state index in [0.29, 0.717) is 12.8 Å². The predicted octanol–water partition coefficient (Wildman–Crippen LogP) is 0.596. The molecule has 0 aliphatic rings. The summed E-state index contributed by atoms with van der Waals surface area (Å²) in [6.45, 7) is 4.20. The van der Waals surface area contributed by atoms with Crippen molar-refractivity contribution in [3.8, 4) is 0 Å². The van der Waals surface area contributed by atoms with Crippen LogP contribution < -0.4 is 29.6 Å². The Morgan fingerprint density at radius 3 is 1.90 bits per heavy atom. The van der Waals surface area contributed by atoms with E-state index in [2.05, 4.69) is 13.8 Å². The fourth-order valence-electron chi connectivity index (χ4n) is 2.41. The summed E-state index contributed by atoms with van der Waals surface area (Å²) in [5, 5.41) is 8.93. The minimum absolute atomic E-state index is 0. The Morgan fingerprint density at radius 2 is 1.38 bits per heavy atom. The van der Waals surface area contributed by atoms with Gasteiger partial charge in [-0.1, -0.05) is 65.2 Å². The van der Waals surface area contributed by atoms with Crippen molar-refractivity contribution in [2.75, 3.05) is 0 Å². The van der Waals surface area contributed by atoms with Crippen LogP contribution >= 0.6 is 0 Å². The SMILES string of the molecule is CCCCCCCC(CC(O)CCCCC)S(=O)(=O)[O-].[Na+]. The summed E-state index contributed by atoms with van der Waals surface area (Å²) in [4.78, 5) is 0. The molecule has 0 aromatic rings. The van der Waals surface area contributed by atoms with Gasteiger partial charge in [-0.25, -0.2) is 8.42 Å². The molecule has 122 valence electrons. The molecule has 0 amide bonds. The van der Waals surface area contributed by atoms with Crippen molar-refractivity contribution < 1.29 is 47.6 Å². The van der Waals surface area contributed by atoms with E-state index in [1.807, 2.05) is 0 Å². The van der Waals surface area contributed by atoms with E-state index in [4.69, 9.17) is 0 Å². The van der Waals surface area contributed by atoms with Crippen LogP contribution in [0.3, 0.4) is 0 Å². The standard InChI is InChI=1S/C15H32O4S.Na/c1-3-5-7-8-10-12-15(20(17,18)19)13-14(16)11-9-6-4-2;/h14-16H,3-13H2,1-2H3,(H,17,18,19);/q;+1/p-1. The third-order valence-corrected chi connectivity index (χ3v) is 4.96. The van der Waals surface area contributed by atoms with Crippen molar-refractivity contribution in [1.29, 1.82) is 0 Å². The third kappa shape index (κ3) is 14.2. The van der Waals surface area contributed by atoms with Gasteiger partial charge in [0.1, 0.15) is 0 Å². The van der Waals surface area contributed by atoms with E-state index in [-0.39, 0.29) is 36.0 Å². The molecule has 0 saturated carbocycles. The topological polar surface area (TPSA) is 77.4 Å². The zero-order valence-corrected chi connectivity index (χ0v) is 16.8. The maximum Gasteiger partial charge on any atom is 1.00 e. The maximum absolute atomic E-state index is 11.3. The first-order valence-electron chi connectivity index (χ1n) is 8.04. The second-order valence-electron chi connectivity index (χ2n) is 5.70. The summed E-state index contributed by atoms with van der Waals surface area (Å²) in [5.74, 6) is 0. The van der Waals surface area contributed by atoms with Gasteiger partial charge in [-0.05, 0) is 19.3 Å². The molecule has 0 aliphatic heterocycles. The normalized spacial score (nSPS) is 14.5. The van der Waals surface area contributed by atoms with Gasteiger partial charge in [0.2, 0.25) is 0 Å². The first kappa shape index (κ1) is 24.1. The minimum atomic E-state index is -4.29. The van der Waals surface area contributed by atoms with Gasteiger partial charge in [-0.2, -0.15) is 0 Å². The van der Waals surface area contributed by atoms with Gasteiger partial charge >= 0.3 is 29.6 Å². The van der Waals surface area contributed by atoms with Crippen LogP contribution in [0.25, 0.3) is 0 Å². The third-order valence-electron chi connectivity index (χ3n) is 3.71. The number of hydrogen-bond acceptors (Lipinski definition) is 4. The van der Waals surface area contributed by atoms with Gasteiger partial charge < -0.3 is 9.66 Å². The predicted molar refractivity (Wildman–Crippen MR) is 81.6 cm³/mol. The molecular weight excluding hydrogens is 299 g/mol. The summed E-state index contributed by atoms with van der Waals surface area (Å²) >= 11 is 0. The summed E-state index contributed by atoms with van der Waals surface area (Å²) < 4.78 is 33.8.